The quantitative estimate of drug-likeness (QED) is 0.464. The van der Waals surface area contributed by atoms with Gasteiger partial charge in [-0.15, -0.1) is 0 Å². The number of aryl methyl sites for hydroxylation is 1. The number of oxazole rings is 1. The zero-order valence-corrected chi connectivity index (χ0v) is 18.3. The molecule has 1 atom stereocenters. The number of nitrogens with one attached hydrogen (secondary N) is 1. The van der Waals surface area contributed by atoms with E-state index in [1.165, 1.54) is 12.3 Å². The molecule has 0 aliphatic rings. The number of rotatable bonds is 10. The van der Waals surface area contributed by atoms with E-state index in [-0.39, 0.29) is 42.0 Å². The van der Waals surface area contributed by atoms with E-state index in [2.05, 4.69) is 10.3 Å². The molecule has 32 heavy (non-hydrogen) atoms. The number of aromatic nitrogens is 1. The van der Waals surface area contributed by atoms with E-state index in [9.17, 15) is 13.6 Å². The first-order chi connectivity index (χ1) is 15.4. The second-order valence-electron chi connectivity index (χ2n) is 7.08. The Hall–Kier alpha value is -3.42. The molecule has 1 N–H and O–H groups in total. The van der Waals surface area contributed by atoms with Crippen LogP contribution in [0.4, 0.5) is 8.78 Å². The van der Waals surface area contributed by atoms with Crippen LogP contribution >= 0.6 is 0 Å². The summed E-state index contributed by atoms with van der Waals surface area (Å²) in [4.78, 5) is 16.4. The van der Waals surface area contributed by atoms with E-state index in [0.717, 1.165) is 17.7 Å². The number of hydrogen-bond donors (Lipinski definition) is 1. The number of hydrogen-bond acceptors (Lipinski definition) is 5. The molecule has 0 radical (unpaired) electrons. The molecule has 0 saturated heterocycles. The van der Waals surface area contributed by atoms with Gasteiger partial charge < -0.3 is 19.2 Å². The third-order valence-electron chi connectivity index (χ3n) is 4.77. The third-order valence-corrected chi connectivity index (χ3v) is 4.77. The van der Waals surface area contributed by atoms with Crippen molar-refractivity contribution in [2.75, 3.05) is 13.2 Å². The fourth-order valence-electron chi connectivity index (χ4n) is 3.23. The SMILES string of the molecule is CCOc1ccc(C(C)NC(=O)CCc2ncc(-c3c(F)cccc3F)o2)cc1OCC. The molecular formula is C24H26F2N2O4. The van der Waals surface area contributed by atoms with E-state index in [4.69, 9.17) is 13.9 Å². The zero-order chi connectivity index (χ0) is 23.1. The summed E-state index contributed by atoms with van der Waals surface area (Å²) < 4.78 is 44.4. The minimum Gasteiger partial charge on any atom is -0.490 e. The summed E-state index contributed by atoms with van der Waals surface area (Å²) in [6.45, 7) is 6.68. The molecule has 1 aromatic heterocycles. The highest BCUT2D eigenvalue weighted by atomic mass is 19.1. The lowest BCUT2D eigenvalue weighted by Crippen LogP contribution is -2.26. The van der Waals surface area contributed by atoms with E-state index < -0.39 is 11.6 Å². The number of benzene rings is 2. The zero-order valence-electron chi connectivity index (χ0n) is 18.3. The van der Waals surface area contributed by atoms with Crippen LogP contribution in [0.5, 0.6) is 11.5 Å². The summed E-state index contributed by atoms with van der Waals surface area (Å²) >= 11 is 0. The summed E-state index contributed by atoms with van der Waals surface area (Å²) in [5, 5.41) is 2.92. The first-order valence-corrected chi connectivity index (χ1v) is 10.5. The highest BCUT2D eigenvalue weighted by Gasteiger charge is 2.17. The van der Waals surface area contributed by atoms with Gasteiger partial charge in [0.15, 0.2) is 23.1 Å². The first-order valence-electron chi connectivity index (χ1n) is 10.5. The molecule has 170 valence electrons. The average Bonchev–Trinajstić information content (AvgIpc) is 3.22. The van der Waals surface area contributed by atoms with Crippen LogP contribution in [0.15, 0.2) is 47.0 Å². The van der Waals surface area contributed by atoms with E-state index in [1.54, 1.807) is 0 Å². The number of carbonyl (C=O) groups excluding carboxylic acids is 1. The summed E-state index contributed by atoms with van der Waals surface area (Å²) in [7, 11) is 0. The van der Waals surface area contributed by atoms with Gasteiger partial charge in [0, 0.05) is 12.8 Å². The van der Waals surface area contributed by atoms with Crippen LogP contribution in [-0.4, -0.2) is 24.1 Å². The average molecular weight is 444 g/mol. The largest absolute Gasteiger partial charge is 0.490 e. The molecule has 1 heterocycles. The number of ether oxygens (including phenoxy) is 2. The molecule has 0 saturated carbocycles. The van der Waals surface area contributed by atoms with Crippen LogP contribution < -0.4 is 14.8 Å². The highest BCUT2D eigenvalue weighted by molar-refractivity contribution is 5.76. The standard InChI is InChI=1S/C24H26F2N2O4/c1-4-30-19-10-9-16(13-20(19)31-5-2)15(3)28-22(29)11-12-23-27-14-21(32-23)24-17(25)7-6-8-18(24)26/h6-10,13-15H,4-5,11-12H2,1-3H3,(H,28,29). The maximum atomic E-state index is 13.9. The van der Waals surface area contributed by atoms with Gasteiger partial charge in [-0.3, -0.25) is 4.79 Å². The molecular weight excluding hydrogens is 418 g/mol. The number of carbonyl (C=O) groups is 1. The lowest BCUT2D eigenvalue weighted by molar-refractivity contribution is -0.121. The molecule has 0 aliphatic carbocycles. The topological polar surface area (TPSA) is 73.6 Å². The normalized spacial score (nSPS) is 11.8. The van der Waals surface area contributed by atoms with Gasteiger partial charge in [-0.2, -0.15) is 0 Å². The predicted molar refractivity (Wildman–Crippen MR) is 116 cm³/mol. The van der Waals surface area contributed by atoms with Gasteiger partial charge >= 0.3 is 0 Å². The van der Waals surface area contributed by atoms with E-state index in [1.807, 2.05) is 39.0 Å². The second kappa shape index (κ2) is 10.7. The Bertz CT molecular complexity index is 1050. The fourth-order valence-corrected chi connectivity index (χ4v) is 3.23. The minimum atomic E-state index is -0.735. The van der Waals surface area contributed by atoms with Crippen molar-refractivity contribution in [1.29, 1.82) is 0 Å². The number of halogens is 2. The van der Waals surface area contributed by atoms with Crippen LogP contribution in [0.2, 0.25) is 0 Å². The highest BCUT2D eigenvalue weighted by Crippen LogP contribution is 2.31. The van der Waals surface area contributed by atoms with Crippen molar-refractivity contribution >= 4 is 5.91 Å². The molecule has 1 unspecified atom stereocenters. The molecule has 3 aromatic rings. The van der Waals surface area contributed by atoms with Crippen molar-refractivity contribution < 1.29 is 27.5 Å². The Morgan fingerprint density at radius 2 is 1.78 bits per heavy atom. The van der Waals surface area contributed by atoms with Crippen molar-refractivity contribution in [3.05, 3.63) is 65.7 Å². The van der Waals surface area contributed by atoms with Crippen LogP contribution in [0.3, 0.4) is 0 Å². The lowest BCUT2D eigenvalue weighted by Gasteiger charge is -2.17. The van der Waals surface area contributed by atoms with E-state index >= 15 is 0 Å². The van der Waals surface area contributed by atoms with Crippen LogP contribution in [0.25, 0.3) is 11.3 Å². The summed E-state index contributed by atoms with van der Waals surface area (Å²) in [6, 6.07) is 8.86. The molecule has 0 bridgehead atoms. The van der Waals surface area contributed by atoms with Crippen molar-refractivity contribution in [2.45, 2.75) is 39.7 Å². The Morgan fingerprint density at radius 3 is 2.47 bits per heavy atom. The Kier molecular flexibility index (Phi) is 7.81. The fraction of sp³-hybridized carbons (Fsp3) is 0.333. The maximum Gasteiger partial charge on any atom is 0.220 e. The smallest absolute Gasteiger partial charge is 0.220 e. The van der Waals surface area contributed by atoms with Crippen molar-refractivity contribution in [3.8, 4) is 22.8 Å². The molecule has 0 spiro atoms. The number of nitrogens with zero attached hydrogens (tertiary/aromatic N) is 1. The third kappa shape index (κ3) is 5.63. The molecule has 3 rings (SSSR count). The van der Waals surface area contributed by atoms with Gasteiger partial charge in [-0.25, -0.2) is 13.8 Å². The first kappa shape index (κ1) is 23.2. The van der Waals surface area contributed by atoms with Gasteiger partial charge in [0.1, 0.15) is 11.6 Å². The Labute approximate surface area is 185 Å². The molecule has 1 amide bonds. The lowest BCUT2D eigenvalue weighted by atomic mass is 10.1. The summed E-state index contributed by atoms with van der Waals surface area (Å²) in [5.74, 6) is -0.182. The molecule has 0 aliphatic heterocycles. The van der Waals surface area contributed by atoms with Gasteiger partial charge in [0.2, 0.25) is 5.91 Å². The van der Waals surface area contributed by atoms with Crippen molar-refractivity contribution in [2.24, 2.45) is 0 Å². The van der Waals surface area contributed by atoms with Gasteiger partial charge in [-0.1, -0.05) is 12.1 Å². The van der Waals surface area contributed by atoms with Crippen molar-refractivity contribution in [3.63, 3.8) is 0 Å². The predicted octanol–water partition coefficient (Wildman–Crippen LogP) is 5.23. The van der Waals surface area contributed by atoms with E-state index in [0.29, 0.717) is 24.7 Å². The summed E-state index contributed by atoms with van der Waals surface area (Å²) in [6.07, 6.45) is 1.56. The molecule has 8 heteroatoms. The minimum absolute atomic E-state index is 0.0118. The van der Waals surface area contributed by atoms with Gasteiger partial charge in [0.05, 0.1) is 31.0 Å². The molecule has 0 fully saturated rings. The van der Waals surface area contributed by atoms with Crippen LogP contribution in [0, 0.1) is 11.6 Å². The van der Waals surface area contributed by atoms with Gasteiger partial charge in [-0.05, 0) is 50.6 Å². The summed E-state index contributed by atoms with van der Waals surface area (Å²) in [5.41, 5.74) is 0.601. The Morgan fingerprint density at radius 1 is 1.09 bits per heavy atom. The van der Waals surface area contributed by atoms with Crippen LogP contribution in [0.1, 0.15) is 44.7 Å². The van der Waals surface area contributed by atoms with Crippen LogP contribution in [-0.2, 0) is 11.2 Å². The number of amides is 1. The molecule has 2 aromatic carbocycles. The maximum absolute atomic E-state index is 13.9. The Balaban J connectivity index is 1.59. The van der Waals surface area contributed by atoms with Crippen molar-refractivity contribution in [1.82, 2.24) is 10.3 Å². The molecule has 6 nitrogen and oxygen atoms in total. The van der Waals surface area contributed by atoms with Gasteiger partial charge in [0.25, 0.3) is 0 Å². The monoisotopic (exact) mass is 444 g/mol. The second-order valence-corrected chi connectivity index (χ2v) is 7.08.